The van der Waals surface area contributed by atoms with Crippen LogP contribution in [0.1, 0.15) is 23.3 Å². The number of hydrogen-bond acceptors (Lipinski definition) is 4. The van der Waals surface area contributed by atoms with Crippen LogP contribution in [0.25, 0.3) is 0 Å². The van der Waals surface area contributed by atoms with Gasteiger partial charge in [0.25, 0.3) is 0 Å². The lowest BCUT2D eigenvalue weighted by molar-refractivity contribution is 0.0690. The molecule has 0 spiro atoms. The Hall–Kier alpha value is -1.46. The standard InChI is InChI=1S/C6H5NO2.C4H9NO/c8-6(9)5-3-1-2-4-7-5;1-6-5-4-2-3-4/h1-4H,(H,8,9);4-5H,2-3H2,1H3. The van der Waals surface area contributed by atoms with Crippen molar-refractivity contribution in [3.8, 4) is 0 Å². The summed E-state index contributed by atoms with van der Waals surface area (Å²) in [5, 5.41) is 8.32. The zero-order chi connectivity index (χ0) is 11.1. The van der Waals surface area contributed by atoms with Crippen molar-refractivity contribution in [1.82, 2.24) is 10.5 Å². The van der Waals surface area contributed by atoms with Crippen molar-refractivity contribution < 1.29 is 14.7 Å². The van der Waals surface area contributed by atoms with E-state index in [1.165, 1.54) is 25.1 Å². The van der Waals surface area contributed by atoms with Crippen molar-refractivity contribution in [1.29, 1.82) is 0 Å². The molecule has 2 N–H and O–H groups in total. The summed E-state index contributed by atoms with van der Waals surface area (Å²) in [5.41, 5.74) is 2.90. The van der Waals surface area contributed by atoms with Crippen molar-refractivity contribution in [2.75, 3.05) is 7.11 Å². The van der Waals surface area contributed by atoms with Crippen LogP contribution in [-0.2, 0) is 4.84 Å². The van der Waals surface area contributed by atoms with Crippen molar-refractivity contribution in [3.05, 3.63) is 30.1 Å². The maximum atomic E-state index is 10.1. The zero-order valence-corrected chi connectivity index (χ0v) is 8.51. The zero-order valence-electron chi connectivity index (χ0n) is 8.51. The van der Waals surface area contributed by atoms with Crippen LogP contribution < -0.4 is 5.48 Å². The summed E-state index contributed by atoms with van der Waals surface area (Å²) in [6, 6.07) is 5.43. The summed E-state index contributed by atoms with van der Waals surface area (Å²) in [4.78, 5) is 18.3. The van der Waals surface area contributed by atoms with Gasteiger partial charge in [-0.2, -0.15) is 5.48 Å². The Balaban J connectivity index is 0.000000162. The third-order valence-electron chi connectivity index (χ3n) is 1.75. The van der Waals surface area contributed by atoms with Crippen LogP contribution >= 0.6 is 0 Å². The van der Waals surface area contributed by atoms with Gasteiger partial charge in [-0.15, -0.1) is 0 Å². The fraction of sp³-hybridized carbons (Fsp3) is 0.400. The van der Waals surface area contributed by atoms with Crippen LogP contribution in [0.15, 0.2) is 24.4 Å². The van der Waals surface area contributed by atoms with Crippen LogP contribution in [0, 0.1) is 0 Å². The lowest BCUT2D eigenvalue weighted by Gasteiger charge is -1.91. The molecule has 0 bridgehead atoms. The second-order valence-electron chi connectivity index (χ2n) is 3.12. The van der Waals surface area contributed by atoms with Crippen LogP contribution in [0.4, 0.5) is 0 Å². The molecule has 0 atom stereocenters. The number of aromatic carboxylic acids is 1. The predicted octanol–water partition coefficient (Wildman–Crippen LogP) is 1.08. The predicted molar refractivity (Wildman–Crippen MR) is 54.4 cm³/mol. The number of nitrogens with one attached hydrogen (secondary N) is 1. The van der Waals surface area contributed by atoms with Gasteiger partial charge in [0, 0.05) is 12.2 Å². The van der Waals surface area contributed by atoms with Gasteiger partial charge in [0.15, 0.2) is 0 Å². The van der Waals surface area contributed by atoms with E-state index in [9.17, 15) is 4.79 Å². The Morgan fingerprint density at radius 3 is 2.60 bits per heavy atom. The van der Waals surface area contributed by atoms with E-state index in [1.54, 1.807) is 19.2 Å². The van der Waals surface area contributed by atoms with Crippen LogP contribution in [0.5, 0.6) is 0 Å². The number of aromatic nitrogens is 1. The molecule has 0 aliphatic heterocycles. The largest absolute Gasteiger partial charge is 0.477 e. The molecule has 2 rings (SSSR count). The van der Waals surface area contributed by atoms with E-state index in [4.69, 9.17) is 5.11 Å². The molecule has 82 valence electrons. The van der Waals surface area contributed by atoms with E-state index in [-0.39, 0.29) is 5.69 Å². The number of rotatable bonds is 3. The fourth-order valence-corrected chi connectivity index (χ4v) is 0.857. The Bertz CT molecular complexity index is 299. The van der Waals surface area contributed by atoms with Crippen molar-refractivity contribution >= 4 is 5.97 Å². The van der Waals surface area contributed by atoms with Gasteiger partial charge in [-0.05, 0) is 25.0 Å². The molecule has 1 aromatic heterocycles. The SMILES string of the molecule is CONC1CC1.O=C(O)c1ccccn1. The summed E-state index contributed by atoms with van der Waals surface area (Å²) in [6.07, 6.45) is 4.02. The van der Waals surface area contributed by atoms with Gasteiger partial charge in [-0.25, -0.2) is 9.78 Å². The topological polar surface area (TPSA) is 71.5 Å². The van der Waals surface area contributed by atoms with Crippen molar-refractivity contribution in [2.45, 2.75) is 18.9 Å². The highest BCUT2D eigenvalue weighted by atomic mass is 16.6. The summed E-state index contributed by atoms with van der Waals surface area (Å²) in [6.45, 7) is 0. The summed E-state index contributed by atoms with van der Waals surface area (Å²) in [5.74, 6) is -0.990. The lowest BCUT2D eigenvalue weighted by Crippen LogP contribution is -2.12. The Kier molecular flexibility index (Phi) is 4.73. The first-order valence-corrected chi connectivity index (χ1v) is 4.67. The second-order valence-corrected chi connectivity index (χ2v) is 3.12. The molecule has 1 saturated carbocycles. The fourth-order valence-electron chi connectivity index (χ4n) is 0.857. The Labute approximate surface area is 88.0 Å². The number of carboxylic acid groups (broad SMARTS) is 1. The normalized spacial score (nSPS) is 13.9. The molecule has 1 fully saturated rings. The third kappa shape index (κ3) is 5.09. The van der Waals surface area contributed by atoms with E-state index in [1.807, 2.05) is 0 Å². The number of carbonyl (C=O) groups is 1. The minimum absolute atomic E-state index is 0.0810. The van der Waals surface area contributed by atoms with Gasteiger partial charge < -0.3 is 9.94 Å². The average Bonchev–Trinajstić information content (AvgIpc) is 3.05. The van der Waals surface area contributed by atoms with Gasteiger partial charge >= 0.3 is 5.97 Å². The van der Waals surface area contributed by atoms with E-state index >= 15 is 0 Å². The molecular weight excluding hydrogens is 196 g/mol. The molecule has 0 aromatic carbocycles. The van der Waals surface area contributed by atoms with Gasteiger partial charge in [0.2, 0.25) is 0 Å². The minimum atomic E-state index is -0.990. The number of carboxylic acids is 1. The van der Waals surface area contributed by atoms with E-state index < -0.39 is 5.97 Å². The number of hydrogen-bond donors (Lipinski definition) is 2. The molecule has 15 heavy (non-hydrogen) atoms. The molecule has 0 saturated heterocycles. The van der Waals surface area contributed by atoms with Gasteiger partial charge in [-0.1, -0.05) is 6.07 Å². The molecule has 0 unspecified atom stereocenters. The highest BCUT2D eigenvalue weighted by Gasteiger charge is 2.19. The minimum Gasteiger partial charge on any atom is -0.477 e. The van der Waals surface area contributed by atoms with Crippen LogP contribution in [0.3, 0.4) is 0 Å². The molecule has 1 aliphatic carbocycles. The molecular formula is C10H14N2O3. The Morgan fingerprint density at radius 2 is 2.33 bits per heavy atom. The number of nitrogens with zero attached hydrogens (tertiary/aromatic N) is 1. The molecule has 5 heteroatoms. The van der Waals surface area contributed by atoms with Crippen LogP contribution in [-0.4, -0.2) is 29.2 Å². The smallest absolute Gasteiger partial charge is 0.354 e. The second kappa shape index (κ2) is 6.10. The Morgan fingerprint density at radius 1 is 1.60 bits per heavy atom. The third-order valence-corrected chi connectivity index (χ3v) is 1.75. The average molecular weight is 210 g/mol. The quantitative estimate of drug-likeness (QED) is 0.730. The van der Waals surface area contributed by atoms with E-state index in [0.29, 0.717) is 6.04 Å². The first kappa shape index (κ1) is 11.6. The first-order chi connectivity index (χ1) is 7.24. The maximum Gasteiger partial charge on any atom is 0.354 e. The highest BCUT2D eigenvalue weighted by Crippen LogP contribution is 2.17. The van der Waals surface area contributed by atoms with E-state index in [0.717, 1.165) is 0 Å². The molecule has 0 radical (unpaired) electrons. The maximum absolute atomic E-state index is 10.1. The van der Waals surface area contributed by atoms with Crippen molar-refractivity contribution in [2.24, 2.45) is 0 Å². The number of pyridine rings is 1. The molecule has 1 aromatic rings. The van der Waals surface area contributed by atoms with Crippen LogP contribution in [0.2, 0.25) is 0 Å². The summed E-state index contributed by atoms with van der Waals surface area (Å²) >= 11 is 0. The van der Waals surface area contributed by atoms with Gasteiger partial charge in [0.1, 0.15) is 5.69 Å². The molecule has 0 amide bonds. The molecule has 1 heterocycles. The highest BCUT2D eigenvalue weighted by molar-refractivity contribution is 5.85. The molecule has 5 nitrogen and oxygen atoms in total. The summed E-state index contributed by atoms with van der Waals surface area (Å²) < 4.78 is 0. The van der Waals surface area contributed by atoms with E-state index in [2.05, 4.69) is 15.3 Å². The van der Waals surface area contributed by atoms with Gasteiger partial charge in [-0.3, -0.25) is 0 Å². The lowest BCUT2D eigenvalue weighted by atomic mass is 10.4. The first-order valence-electron chi connectivity index (χ1n) is 4.67. The summed E-state index contributed by atoms with van der Waals surface area (Å²) in [7, 11) is 1.65. The van der Waals surface area contributed by atoms with Crippen molar-refractivity contribution in [3.63, 3.8) is 0 Å². The van der Waals surface area contributed by atoms with Gasteiger partial charge in [0.05, 0.1) is 7.11 Å². The molecule has 1 aliphatic rings. The monoisotopic (exact) mass is 210 g/mol. The number of hydroxylamine groups is 1.